The predicted octanol–water partition coefficient (Wildman–Crippen LogP) is 3.26. The maximum absolute atomic E-state index is 9.73. The molecule has 0 saturated heterocycles. The van der Waals surface area contributed by atoms with Crippen molar-refractivity contribution < 1.29 is 5.11 Å². The average Bonchev–Trinajstić information content (AvgIpc) is 2.87. The van der Waals surface area contributed by atoms with Gasteiger partial charge in [-0.1, -0.05) is 38.5 Å². The molecule has 0 heterocycles. The lowest BCUT2D eigenvalue weighted by Crippen LogP contribution is -2.10. The molecule has 13 heavy (non-hydrogen) atoms. The number of aliphatic hydroxyl groups is 1. The molecule has 0 aromatic heterocycles. The Morgan fingerprint density at radius 3 is 2.15 bits per heavy atom. The van der Waals surface area contributed by atoms with Crippen molar-refractivity contribution in [2.45, 2.75) is 69.8 Å². The van der Waals surface area contributed by atoms with Gasteiger partial charge in [0.25, 0.3) is 0 Å². The van der Waals surface area contributed by atoms with Crippen molar-refractivity contribution in [2.75, 3.05) is 0 Å². The van der Waals surface area contributed by atoms with Gasteiger partial charge in [0.2, 0.25) is 0 Å². The second-order valence-corrected chi connectivity index (χ2v) is 5.12. The Hall–Kier alpha value is -0.0400. The van der Waals surface area contributed by atoms with Crippen LogP contribution in [0.4, 0.5) is 0 Å². The molecule has 2 aliphatic carbocycles. The van der Waals surface area contributed by atoms with Crippen LogP contribution in [-0.4, -0.2) is 10.7 Å². The number of rotatable bonds is 3. The highest BCUT2D eigenvalue weighted by molar-refractivity contribution is 4.93. The Kier molecular flexibility index (Phi) is 2.92. The summed E-state index contributed by atoms with van der Waals surface area (Å²) in [6.07, 6.45) is 13.1. The fraction of sp³-hybridized carbons (Fsp3) is 1.00. The molecule has 0 aromatic carbocycles. The molecule has 0 amide bonds. The minimum Gasteiger partial charge on any atom is -0.390 e. The van der Waals surface area contributed by atoms with E-state index in [2.05, 4.69) is 0 Å². The van der Waals surface area contributed by atoms with E-state index in [9.17, 15) is 5.11 Å². The Bertz CT molecular complexity index is 153. The van der Waals surface area contributed by atoms with Gasteiger partial charge in [0.05, 0.1) is 5.60 Å². The molecular weight excluding hydrogens is 160 g/mol. The van der Waals surface area contributed by atoms with Crippen molar-refractivity contribution in [1.29, 1.82) is 0 Å². The second-order valence-electron chi connectivity index (χ2n) is 5.12. The molecule has 1 nitrogen and oxygen atoms in total. The first kappa shape index (κ1) is 9.51. The van der Waals surface area contributed by atoms with Crippen LogP contribution in [0, 0.1) is 5.92 Å². The quantitative estimate of drug-likeness (QED) is 0.664. The minimum atomic E-state index is -0.202. The molecule has 0 atom stereocenters. The molecule has 0 aromatic rings. The Labute approximate surface area is 81.5 Å². The third-order valence-corrected chi connectivity index (χ3v) is 3.82. The van der Waals surface area contributed by atoms with Gasteiger partial charge in [0.15, 0.2) is 0 Å². The van der Waals surface area contributed by atoms with E-state index >= 15 is 0 Å². The van der Waals surface area contributed by atoms with Crippen LogP contribution in [0.5, 0.6) is 0 Å². The van der Waals surface area contributed by atoms with Crippen molar-refractivity contribution in [3.8, 4) is 0 Å². The van der Waals surface area contributed by atoms with Gasteiger partial charge in [-0.2, -0.15) is 0 Å². The summed E-state index contributed by atoms with van der Waals surface area (Å²) >= 11 is 0. The zero-order valence-corrected chi connectivity index (χ0v) is 8.60. The molecule has 2 aliphatic rings. The SMILES string of the molecule is OC1(CCC2CCCCCC2)CC1. The Morgan fingerprint density at radius 2 is 1.62 bits per heavy atom. The summed E-state index contributed by atoms with van der Waals surface area (Å²) in [4.78, 5) is 0. The van der Waals surface area contributed by atoms with Crippen LogP contribution in [0.2, 0.25) is 0 Å². The highest BCUT2D eigenvalue weighted by Gasteiger charge is 2.39. The van der Waals surface area contributed by atoms with Crippen LogP contribution < -0.4 is 0 Å². The van der Waals surface area contributed by atoms with Crippen LogP contribution >= 0.6 is 0 Å². The van der Waals surface area contributed by atoms with Gasteiger partial charge in [-0.05, 0) is 31.6 Å². The smallest absolute Gasteiger partial charge is 0.0650 e. The van der Waals surface area contributed by atoms with Crippen molar-refractivity contribution in [3.63, 3.8) is 0 Å². The molecule has 1 heteroatoms. The summed E-state index contributed by atoms with van der Waals surface area (Å²) in [5, 5.41) is 9.73. The van der Waals surface area contributed by atoms with E-state index in [0.29, 0.717) is 0 Å². The minimum absolute atomic E-state index is 0.202. The second kappa shape index (κ2) is 4.00. The maximum atomic E-state index is 9.73. The maximum Gasteiger partial charge on any atom is 0.0650 e. The highest BCUT2D eigenvalue weighted by Crippen LogP contribution is 2.41. The van der Waals surface area contributed by atoms with Crippen LogP contribution in [0.25, 0.3) is 0 Å². The first-order valence-corrected chi connectivity index (χ1v) is 6.01. The first-order valence-electron chi connectivity index (χ1n) is 6.01. The average molecular weight is 182 g/mol. The van der Waals surface area contributed by atoms with Gasteiger partial charge in [0.1, 0.15) is 0 Å². The molecule has 2 rings (SSSR count). The van der Waals surface area contributed by atoms with Crippen molar-refractivity contribution >= 4 is 0 Å². The Morgan fingerprint density at radius 1 is 1.00 bits per heavy atom. The third kappa shape index (κ3) is 2.98. The van der Waals surface area contributed by atoms with E-state index in [4.69, 9.17) is 0 Å². The van der Waals surface area contributed by atoms with Gasteiger partial charge in [-0.25, -0.2) is 0 Å². The highest BCUT2D eigenvalue weighted by atomic mass is 16.3. The molecule has 0 unspecified atom stereocenters. The largest absolute Gasteiger partial charge is 0.390 e. The lowest BCUT2D eigenvalue weighted by Gasteiger charge is -2.15. The van der Waals surface area contributed by atoms with Crippen LogP contribution in [0.3, 0.4) is 0 Å². The van der Waals surface area contributed by atoms with Crippen molar-refractivity contribution in [1.82, 2.24) is 0 Å². The topological polar surface area (TPSA) is 20.2 Å². The fourth-order valence-corrected chi connectivity index (χ4v) is 2.52. The van der Waals surface area contributed by atoms with Crippen LogP contribution in [-0.2, 0) is 0 Å². The zero-order valence-electron chi connectivity index (χ0n) is 8.60. The molecule has 0 aliphatic heterocycles. The van der Waals surface area contributed by atoms with E-state index in [1.54, 1.807) is 0 Å². The van der Waals surface area contributed by atoms with Gasteiger partial charge in [-0.3, -0.25) is 0 Å². The van der Waals surface area contributed by atoms with Gasteiger partial charge < -0.3 is 5.11 Å². The summed E-state index contributed by atoms with van der Waals surface area (Å²) in [6.45, 7) is 0. The molecular formula is C12H22O. The van der Waals surface area contributed by atoms with E-state index in [1.807, 2.05) is 0 Å². The van der Waals surface area contributed by atoms with Crippen molar-refractivity contribution in [3.05, 3.63) is 0 Å². The van der Waals surface area contributed by atoms with Gasteiger partial charge in [0, 0.05) is 0 Å². The summed E-state index contributed by atoms with van der Waals surface area (Å²) in [6, 6.07) is 0. The molecule has 0 bridgehead atoms. The van der Waals surface area contributed by atoms with Crippen LogP contribution in [0.1, 0.15) is 64.2 Å². The number of hydrogen-bond acceptors (Lipinski definition) is 1. The van der Waals surface area contributed by atoms with Gasteiger partial charge >= 0.3 is 0 Å². The zero-order chi connectivity index (χ0) is 9.15. The molecule has 2 saturated carbocycles. The van der Waals surface area contributed by atoms with Crippen molar-refractivity contribution in [2.24, 2.45) is 5.92 Å². The van der Waals surface area contributed by atoms with E-state index in [-0.39, 0.29) is 5.60 Å². The normalized spacial score (nSPS) is 28.4. The molecule has 0 spiro atoms. The monoisotopic (exact) mass is 182 g/mol. The summed E-state index contributed by atoms with van der Waals surface area (Å²) in [5.41, 5.74) is -0.202. The molecule has 2 fully saturated rings. The fourth-order valence-electron chi connectivity index (χ4n) is 2.52. The predicted molar refractivity (Wildman–Crippen MR) is 54.6 cm³/mol. The molecule has 1 N–H and O–H groups in total. The third-order valence-electron chi connectivity index (χ3n) is 3.82. The first-order chi connectivity index (χ1) is 6.29. The Balaban J connectivity index is 1.67. The van der Waals surface area contributed by atoms with Gasteiger partial charge in [-0.15, -0.1) is 0 Å². The number of hydrogen-bond donors (Lipinski definition) is 1. The van der Waals surface area contributed by atoms with E-state index < -0.39 is 0 Å². The van der Waals surface area contributed by atoms with E-state index in [0.717, 1.165) is 25.2 Å². The standard InChI is InChI=1S/C12H22O/c13-12(9-10-12)8-7-11-5-3-1-2-4-6-11/h11,13H,1-10H2. The van der Waals surface area contributed by atoms with E-state index in [1.165, 1.54) is 44.9 Å². The summed E-state index contributed by atoms with van der Waals surface area (Å²) in [5.74, 6) is 0.937. The summed E-state index contributed by atoms with van der Waals surface area (Å²) in [7, 11) is 0. The summed E-state index contributed by atoms with van der Waals surface area (Å²) < 4.78 is 0. The molecule has 0 radical (unpaired) electrons. The van der Waals surface area contributed by atoms with Crippen LogP contribution in [0.15, 0.2) is 0 Å². The lowest BCUT2D eigenvalue weighted by atomic mass is 9.93. The molecule has 76 valence electrons. The lowest BCUT2D eigenvalue weighted by molar-refractivity contribution is 0.129.